The van der Waals surface area contributed by atoms with Gasteiger partial charge in [-0.25, -0.2) is 15.0 Å². The highest BCUT2D eigenvalue weighted by molar-refractivity contribution is 7.13. The number of nitrogens with one attached hydrogen (secondary N) is 1. The van der Waals surface area contributed by atoms with Gasteiger partial charge in [0, 0.05) is 17.6 Å². The minimum absolute atomic E-state index is 0.112. The predicted molar refractivity (Wildman–Crippen MR) is 102 cm³/mol. The van der Waals surface area contributed by atoms with E-state index >= 15 is 0 Å². The molecular formula is C18H21N5O2S. The van der Waals surface area contributed by atoms with Crippen LogP contribution < -0.4 is 5.32 Å². The summed E-state index contributed by atoms with van der Waals surface area (Å²) in [6.07, 6.45) is 1.72. The van der Waals surface area contributed by atoms with E-state index in [0.717, 1.165) is 23.9 Å². The van der Waals surface area contributed by atoms with Gasteiger partial charge in [-0.15, -0.1) is 11.3 Å². The maximum atomic E-state index is 12.3. The molecule has 0 aliphatic carbocycles. The van der Waals surface area contributed by atoms with Crippen LogP contribution in [0.3, 0.4) is 0 Å². The lowest BCUT2D eigenvalue weighted by Crippen LogP contribution is -2.33. The molecule has 0 bridgehead atoms. The number of thiazole rings is 1. The van der Waals surface area contributed by atoms with E-state index < -0.39 is 0 Å². The Hall–Kier alpha value is -2.58. The molecule has 0 radical (unpaired) electrons. The molecule has 136 valence electrons. The first kappa shape index (κ1) is 18.2. The normalized spacial score (nSPS) is 11.1. The largest absolute Gasteiger partial charge is 0.458 e. The molecule has 0 unspecified atom stereocenters. The molecule has 0 atom stereocenters. The van der Waals surface area contributed by atoms with Crippen molar-refractivity contribution in [3.05, 3.63) is 35.5 Å². The van der Waals surface area contributed by atoms with Crippen LogP contribution in [0.5, 0.6) is 0 Å². The number of likely N-dealkylation sites (N-methyl/N-ethyl adjacent to an activating group) is 1. The van der Waals surface area contributed by atoms with E-state index in [0.29, 0.717) is 29.6 Å². The smallest absolute Gasteiger partial charge is 0.239 e. The Kier molecular flexibility index (Phi) is 5.75. The highest BCUT2D eigenvalue weighted by Crippen LogP contribution is 2.26. The lowest BCUT2D eigenvalue weighted by Gasteiger charge is -2.17. The number of nitrogens with zero attached hydrogens (tertiary/aromatic N) is 4. The maximum absolute atomic E-state index is 12.3. The van der Waals surface area contributed by atoms with Gasteiger partial charge in [-0.1, -0.05) is 13.8 Å². The van der Waals surface area contributed by atoms with Gasteiger partial charge in [0.1, 0.15) is 22.3 Å². The van der Waals surface area contributed by atoms with E-state index in [1.54, 1.807) is 12.3 Å². The number of rotatable bonds is 7. The number of aromatic nitrogens is 3. The lowest BCUT2D eigenvalue weighted by atomic mass is 10.3. The second-order valence-corrected chi connectivity index (χ2v) is 6.61. The number of amides is 1. The van der Waals surface area contributed by atoms with Gasteiger partial charge in [-0.2, -0.15) is 0 Å². The zero-order valence-electron chi connectivity index (χ0n) is 15.0. The van der Waals surface area contributed by atoms with Crippen molar-refractivity contribution in [2.45, 2.75) is 20.8 Å². The minimum Gasteiger partial charge on any atom is -0.458 e. The molecule has 7 nitrogen and oxygen atoms in total. The van der Waals surface area contributed by atoms with Gasteiger partial charge in [0.25, 0.3) is 0 Å². The van der Waals surface area contributed by atoms with E-state index in [1.807, 2.05) is 43.2 Å². The third-order valence-electron chi connectivity index (χ3n) is 3.87. The molecule has 0 spiro atoms. The Labute approximate surface area is 156 Å². The first-order valence-electron chi connectivity index (χ1n) is 8.47. The summed E-state index contributed by atoms with van der Waals surface area (Å²) in [5, 5.41) is 5.51. The van der Waals surface area contributed by atoms with Crippen LogP contribution in [0.2, 0.25) is 0 Å². The Morgan fingerprint density at radius 1 is 1.27 bits per heavy atom. The molecule has 0 aliphatic heterocycles. The summed E-state index contributed by atoms with van der Waals surface area (Å²) in [6, 6.07) is 5.41. The topological polar surface area (TPSA) is 84.2 Å². The van der Waals surface area contributed by atoms with Crippen LogP contribution in [0.4, 0.5) is 5.82 Å². The highest BCUT2D eigenvalue weighted by atomic mass is 32.1. The Balaban J connectivity index is 1.91. The maximum Gasteiger partial charge on any atom is 0.239 e. The van der Waals surface area contributed by atoms with Crippen molar-refractivity contribution in [3.63, 3.8) is 0 Å². The van der Waals surface area contributed by atoms with Crippen LogP contribution in [0.25, 0.3) is 22.3 Å². The summed E-state index contributed by atoms with van der Waals surface area (Å²) in [6.45, 7) is 7.86. The van der Waals surface area contributed by atoms with Gasteiger partial charge in [0.05, 0.1) is 6.54 Å². The Bertz CT molecular complexity index is 872. The molecular weight excluding hydrogens is 350 g/mol. The quantitative estimate of drug-likeness (QED) is 0.685. The molecule has 0 saturated heterocycles. The molecule has 1 amide bonds. The van der Waals surface area contributed by atoms with Crippen LogP contribution in [0.15, 0.2) is 34.2 Å². The average Bonchev–Trinajstić information content (AvgIpc) is 3.31. The molecule has 3 aromatic heterocycles. The number of carbonyl (C=O) groups is 1. The fourth-order valence-electron chi connectivity index (χ4n) is 2.47. The number of aryl methyl sites for hydroxylation is 1. The molecule has 8 heteroatoms. The molecule has 0 fully saturated rings. The van der Waals surface area contributed by atoms with Gasteiger partial charge in [0.15, 0.2) is 11.6 Å². The van der Waals surface area contributed by atoms with E-state index in [4.69, 9.17) is 4.42 Å². The van der Waals surface area contributed by atoms with Crippen molar-refractivity contribution in [1.82, 2.24) is 19.9 Å². The van der Waals surface area contributed by atoms with Crippen molar-refractivity contribution in [3.8, 4) is 22.3 Å². The van der Waals surface area contributed by atoms with Gasteiger partial charge in [0.2, 0.25) is 5.91 Å². The molecule has 26 heavy (non-hydrogen) atoms. The van der Waals surface area contributed by atoms with Crippen LogP contribution >= 0.6 is 11.3 Å². The molecule has 0 aromatic carbocycles. The van der Waals surface area contributed by atoms with Crippen molar-refractivity contribution >= 4 is 23.1 Å². The van der Waals surface area contributed by atoms with Gasteiger partial charge < -0.3 is 9.73 Å². The summed E-state index contributed by atoms with van der Waals surface area (Å²) in [7, 11) is 0. The molecule has 3 rings (SSSR count). The average molecular weight is 371 g/mol. The van der Waals surface area contributed by atoms with Crippen LogP contribution in [-0.4, -0.2) is 45.4 Å². The summed E-state index contributed by atoms with van der Waals surface area (Å²) in [5.74, 6) is 2.07. The zero-order valence-corrected chi connectivity index (χ0v) is 15.8. The Morgan fingerprint density at radius 3 is 2.69 bits per heavy atom. The molecule has 0 saturated carbocycles. The van der Waals surface area contributed by atoms with E-state index in [2.05, 4.69) is 20.3 Å². The van der Waals surface area contributed by atoms with Gasteiger partial charge in [-0.05, 0) is 32.1 Å². The standard InChI is InChI=1S/C18H21N5O2S/c1-4-23(5-2)11-16(24)21-15-10-13(18-19-8-9-26-18)20-17(22-15)14-7-6-12(3)25-14/h6-10H,4-5,11H2,1-3H3,(H,20,21,22,24). The summed E-state index contributed by atoms with van der Waals surface area (Å²) >= 11 is 1.48. The molecule has 0 aliphatic rings. The van der Waals surface area contributed by atoms with Crippen molar-refractivity contribution in [2.75, 3.05) is 25.0 Å². The number of hydrogen-bond donors (Lipinski definition) is 1. The van der Waals surface area contributed by atoms with Gasteiger partial charge >= 0.3 is 0 Å². The van der Waals surface area contributed by atoms with Crippen LogP contribution in [-0.2, 0) is 4.79 Å². The van der Waals surface area contributed by atoms with E-state index in [9.17, 15) is 4.79 Å². The molecule has 1 N–H and O–H groups in total. The molecule has 3 heterocycles. The van der Waals surface area contributed by atoms with E-state index in [-0.39, 0.29) is 5.91 Å². The Morgan fingerprint density at radius 2 is 2.08 bits per heavy atom. The third-order valence-corrected chi connectivity index (χ3v) is 4.66. The zero-order chi connectivity index (χ0) is 18.5. The number of furan rings is 1. The summed E-state index contributed by atoms with van der Waals surface area (Å²) < 4.78 is 5.64. The number of anilines is 1. The second kappa shape index (κ2) is 8.20. The minimum atomic E-state index is -0.112. The fraction of sp³-hybridized carbons (Fsp3) is 0.333. The van der Waals surface area contributed by atoms with Gasteiger partial charge in [-0.3, -0.25) is 9.69 Å². The second-order valence-electron chi connectivity index (χ2n) is 5.72. The SMILES string of the molecule is CCN(CC)CC(=O)Nc1cc(-c2nccs2)nc(-c2ccc(C)o2)n1. The highest BCUT2D eigenvalue weighted by Gasteiger charge is 2.15. The first-order valence-corrected chi connectivity index (χ1v) is 9.35. The monoisotopic (exact) mass is 371 g/mol. The molecule has 3 aromatic rings. The van der Waals surface area contributed by atoms with Crippen molar-refractivity contribution in [2.24, 2.45) is 0 Å². The lowest BCUT2D eigenvalue weighted by molar-refractivity contribution is -0.117. The van der Waals surface area contributed by atoms with E-state index in [1.165, 1.54) is 11.3 Å². The summed E-state index contributed by atoms with van der Waals surface area (Å²) in [5.41, 5.74) is 0.650. The van der Waals surface area contributed by atoms with Crippen LogP contribution in [0, 0.1) is 6.92 Å². The van der Waals surface area contributed by atoms with Crippen molar-refractivity contribution < 1.29 is 9.21 Å². The fourth-order valence-corrected chi connectivity index (χ4v) is 3.07. The summed E-state index contributed by atoms with van der Waals surface area (Å²) in [4.78, 5) is 27.7. The third kappa shape index (κ3) is 4.33. The van der Waals surface area contributed by atoms with Crippen molar-refractivity contribution in [1.29, 1.82) is 0 Å². The first-order chi connectivity index (χ1) is 12.6. The van der Waals surface area contributed by atoms with Crippen LogP contribution in [0.1, 0.15) is 19.6 Å². The number of hydrogen-bond acceptors (Lipinski definition) is 7. The predicted octanol–water partition coefficient (Wildman–Crippen LogP) is 3.45. The number of carbonyl (C=O) groups excluding carboxylic acids is 1.